The van der Waals surface area contributed by atoms with Gasteiger partial charge in [-0.15, -0.1) is 0 Å². The lowest BCUT2D eigenvalue weighted by molar-refractivity contribution is 0.198. The van der Waals surface area contributed by atoms with Gasteiger partial charge in [0.1, 0.15) is 5.82 Å². The molecule has 2 aromatic rings. The number of aliphatic imine (C=N–C) groups is 1. The molecule has 5 heteroatoms. The molecule has 0 bridgehead atoms. The summed E-state index contributed by atoms with van der Waals surface area (Å²) in [6, 6.07) is 17.8. The summed E-state index contributed by atoms with van der Waals surface area (Å²) in [7, 11) is 0. The van der Waals surface area contributed by atoms with Crippen LogP contribution in [0.25, 0.3) is 0 Å². The maximum atomic E-state index is 13.8. The molecular formula is C22H29FN4. The van der Waals surface area contributed by atoms with Crippen LogP contribution in [0.4, 0.5) is 4.39 Å². The van der Waals surface area contributed by atoms with Crippen LogP contribution in [0, 0.1) is 5.82 Å². The molecule has 1 saturated heterocycles. The van der Waals surface area contributed by atoms with Crippen molar-refractivity contribution in [1.29, 1.82) is 0 Å². The highest BCUT2D eigenvalue weighted by atomic mass is 19.1. The highest BCUT2D eigenvalue weighted by Gasteiger charge is 2.20. The average Bonchev–Trinajstić information content (AvgIpc) is 2.70. The zero-order chi connectivity index (χ0) is 18.9. The number of nitrogens with one attached hydrogen (secondary N) is 2. The number of guanidine groups is 1. The Balaban J connectivity index is 1.50. The molecule has 1 heterocycles. The number of hydrogen-bond donors (Lipinski definition) is 2. The van der Waals surface area contributed by atoms with Gasteiger partial charge in [-0.05, 0) is 31.4 Å². The van der Waals surface area contributed by atoms with Gasteiger partial charge in [0.25, 0.3) is 0 Å². The molecule has 1 aliphatic heterocycles. The number of rotatable bonds is 6. The Kier molecular flexibility index (Phi) is 7.22. The molecule has 3 rings (SSSR count). The van der Waals surface area contributed by atoms with Crippen LogP contribution >= 0.6 is 0 Å². The molecular weight excluding hydrogens is 339 g/mol. The molecule has 0 atom stereocenters. The van der Waals surface area contributed by atoms with E-state index in [1.807, 2.05) is 13.0 Å². The van der Waals surface area contributed by atoms with Crippen molar-refractivity contribution in [3.8, 4) is 0 Å². The van der Waals surface area contributed by atoms with Gasteiger partial charge in [-0.2, -0.15) is 0 Å². The first-order valence-corrected chi connectivity index (χ1v) is 9.79. The van der Waals surface area contributed by atoms with Gasteiger partial charge in [-0.3, -0.25) is 4.90 Å². The second kappa shape index (κ2) is 10.1. The fourth-order valence-corrected chi connectivity index (χ4v) is 3.38. The maximum Gasteiger partial charge on any atom is 0.191 e. The van der Waals surface area contributed by atoms with E-state index in [-0.39, 0.29) is 5.82 Å². The number of piperidine rings is 1. The smallest absolute Gasteiger partial charge is 0.191 e. The third-order valence-corrected chi connectivity index (χ3v) is 4.89. The van der Waals surface area contributed by atoms with Crippen LogP contribution in [0.3, 0.4) is 0 Å². The first-order chi connectivity index (χ1) is 13.2. The molecule has 0 aliphatic carbocycles. The van der Waals surface area contributed by atoms with Crippen LogP contribution < -0.4 is 10.6 Å². The summed E-state index contributed by atoms with van der Waals surface area (Å²) in [4.78, 5) is 7.06. The van der Waals surface area contributed by atoms with Crippen LogP contribution in [-0.2, 0) is 13.1 Å². The molecule has 0 aromatic heterocycles. The Hall–Kier alpha value is -2.40. The monoisotopic (exact) mass is 368 g/mol. The summed E-state index contributed by atoms with van der Waals surface area (Å²) in [6.45, 7) is 6.32. The van der Waals surface area contributed by atoms with E-state index in [2.05, 4.69) is 50.9 Å². The Bertz CT molecular complexity index is 724. The Morgan fingerprint density at radius 1 is 1.07 bits per heavy atom. The van der Waals surface area contributed by atoms with Crippen molar-refractivity contribution >= 4 is 5.96 Å². The van der Waals surface area contributed by atoms with Crippen molar-refractivity contribution in [2.75, 3.05) is 19.6 Å². The zero-order valence-corrected chi connectivity index (χ0v) is 16.0. The summed E-state index contributed by atoms with van der Waals surface area (Å²) in [6.07, 6.45) is 2.16. The van der Waals surface area contributed by atoms with Crippen LogP contribution in [0.1, 0.15) is 30.9 Å². The quantitative estimate of drug-likeness (QED) is 0.605. The predicted octanol–water partition coefficient (Wildman–Crippen LogP) is 3.55. The molecule has 0 saturated carbocycles. The summed E-state index contributed by atoms with van der Waals surface area (Å²) in [5, 5.41) is 6.79. The average molecular weight is 369 g/mol. The summed E-state index contributed by atoms with van der Waals surface area (Å²) in [5.41, 5.74) is 1.98. The van der Waals surface area contributed by atoms with E-state index in [9.17, 15) is 4.39 Å². The molecule has 2 N–H and O–H groups in total. The summed E-state index contributed by atoms with van der Waals surface area (Å²) in [5.74, 6) is 0.564. The van der Waals surface area contributed by atoms with Gasteiger partial charge in [0, 0.05) is 37.8 Å². The molecule has 0 spiro atoms. The van der Waals surface area contributed by atoms with Crippen LogP contribution in [0.15, 0.2) is 59.6 Å². The minimum atomic E-state index is -0.202. The first kappa shape index (κ1) is 19.4. The Labute approximate surface area is 161 Å². The molecule has 2 aromatic carbocycles. The van der Waals surface area contributed by atoms with E-state index >= 15 is 0 Å². The van der Waals surface area contributed by atoms with Crippen molar-refractivity contribution in [2.45, 2.75) is 38.9 Å². The van der Waals surface area contributed by atoms with Gasteiger partial charge >= 0.3 is 0 Å². The fourth-order valence-electron chi connectivity index (χ4n) is 3.38. The summed E-state index contributed by atoms with van der Waals surface area (Å²) < 4.78 is 13.8. The number of halogens is 1. The van der Waals surface area contributed by atoms with Crippen molar-refractivity contribution in [3.05, 3.63) is 71.5 Å². The number of hydrogen-bond acceptors (Lipinski definition) is 2. The molecule has 0 radical (unpaired) electrons. The number of benzene rings is 2. The van der Waals surface area contributed by atoms with Crippen LogP contribution in [0.5, 0.6) is 0 Å². The van der Waals surface area contributed by atoms with Crippen molar-refractivity contribution in [3.63, 3.8) is 0 Å². The SMILES string of the molecule is CCNC(=NCc1ccccc1F)NC1CCN(Cc2ccccc2)CC1. The fraction of sp³-hybridized carbons (Fsp3) is 0.409. The molecule has 1 fully saturated rings. The molecule has 0 unspecified atom stereocenters. The van der Waals surface area contributed by atoms with E-state index in [4.69, 9.17) is 0 Å². The standard InChI is InChI=1S/C22H29FN4/c1-2-24-22(25-16-19-10-6-7-11-21(19)23)26-20-12-14-27(15-13-20)17-18-8-4-3-5-9-18/h3-11,20H,2,12-17H2,1H3,(H2,24,25,26). The first-order valence-electron chi connectivity index (χ1n) is 9.79. The third-order valence-electron chi connectivity index (χ3n) is 4.89. The molecule has 144 valence electrons. The van der Waals surface area contributed by atoms with E-state index in [1.54, 1.807) is 12.1 Å². The van der Waals surface area contributed by atoms with E-state index in [0.29, 0.717) is 18.2 Å². The largest absolute Gasteiger partial charge is 0.357 e. The number of likely N-dealkylation sites (tertiary alicyclic amines) is 1. The zero-order valence-electron chi connectivity index (χ0n) is 16.0. The minimum absolute atomic E-state index is 0.202. The minimum Gasteiger partial charge on any atom is -0.357 e. The summed E-state index contributed by atoms with van der Waals surface area (Å²) >= 11 is 0. The highest BCUT2D eigenvalue weighted by molar-refractivity contribution is 5.80. The van der Waals surface area contributed by atoms with Gasteiger partial charge in [0.2, 0.25) is 0 Å². The molecule has 0 amide bonds. The maximum absolute atomic E-state index is 13.8. The van der Waals surface area contributed by atoms with Crippen LogP contribution in [-0.4, -0.2) is 36.5 Å². The van der Waals surface area contributed by atoms with Gasteiger partial charge in [-0.25, -0.2) is 9.38 Å². The lowest BCUT2D eigenvalue weighted by Crippen LogP contribution is -2.48. The van der Waals surface area contributed by atoms with Crippen molar-refractivity contribution < 1.29 is 4.39 Å². The van der Waals surface area contributed by atoms with Crippen LogP contribution in [0.2, 0.25) is 0 Å². The highest BCUT2D eigenvalue weighted by Crippen LogP contribution is 2.14. The normalized spacial score (nSPS) is 16.3. The van der Waals surface area contributed by atoms with Gasteiger partial charge in [-0.1, -0.05) is 48.5 Å². The van der Waals surface area contributed by atoms with Gasteiger partial charge in [0.15, 0.2) is 5.96 Å². The molecule has 1 aliphatic rings. The topological polar surface area (TPSA) is 39.7 Å². The van der Waals surface area contributed by atoms with Crippen molar-refractivity contribution in [1.82, 2.24) is 15.5 Å². The molecule has 4 nitrogen and oxygen atoms in total. The lowest BCUT2D eigenvalue weighted by Gasteiger charge is -2.33. The Morgan fingerprint density at radius 2 is 1.78 bits per heavy atom. The Morgan fingerprint density at radius 3 is 2.48 bits per heavy atom. The lowest BCUT2D eigenvalue weighted by atomic mass is 10.0. The second-order valence-corrected chi connectivity index (χ2v) is 6.97. The second-order valence-electron chi connectivity index (χ2n) is 6.97. The van der Waals surface area contributed by atoms with Crippen molar-refractivity contribution in [2.24, 2.45) is 4.99 Å². The van der Waals surface area contributed by atoms with Gasteiger partial charge in [0.05, 0.1) is 6.54 Å². The third kappa shape index (κ3) is 6.07. The number of nitrogens with zero attached hydrogens (tertiary/aromatic N) is 2. The van der Waals surface area contributed by atoms with E-state index in [0.717, 1.165) is 45.0 Å². The predicted molar refractivity (Wildman–Crippen MR) is 109 cm³/mol. The molecule has 27 heavy (non-hydrogen) atoms. The van der Waals surface area contributed by atoms with E-state index < -0.39 is 0 Å². The van der Waals surface area contributed by atoms with Gasteiger partial charge < -0.3 is 10.6 Å². The van der Waals surface area contributed by atoms with E-state index in [1.165, 1.54) is 11.6 Å².